The molecule has 2 aromatic heterocycles. The Labute approximate surface area is 205 Å². The van der Waals surface area contributed by atoms with Crippen molar-refractivity contribution < 1.29 is 9.53 Å². The maximum absolute atomic E-state index is 11.6. The lowest BCUT2D eigenvalue weighted by molar-refractivity contribution is -0.118. The first-order valence-electron chi connectivity index (χ1n) is 11.5. The number of carbonyl (C=O) groups is 1. The number of nitrogens with two attached hydrogens (primary N) is 1. The number of halogens is 1. The second-order valence-corrected chi connectivity index (χ2v) is 9.17. The van der Waals surface area contributed by atoms with Crippen LogP contribution < -0.4 is 10.5 Å². The van der Waals surface area contributed by atoms with Crippen molar-refractivity contribution in [3.8, 4) is 17.0 Å². The molecule has 178 valence electrons. The third kappa shape index (κ3) is 4.68. The summed E-state index contributed by atoms with van der Waals surface area (Å²) in [4.78, 5) is 11.6. The number of aromatic nitrogens is 3. The van der Waals surface area contributed by atoms with Gasteiger partial charge in [0.1, 0.15) is 5.75 Å². The van der Waals surface area contributed by atoms with Gasteiger partial charge in [0, 0.05) is 47.9 Å². The van der Waals surface area contributed by atoms with E-state index in [4.69, 9.17) is 22.1 Å². The quantitative estimate of drug-likeness (QED) is 0.322. The SMILES string of the molecule is Cc1cc(OCCCc2c(C)n(CCC(N)=O)c3c(-c4ccnn4C)cccc23)cc(C)c1Cl. The van der Waals surface area contributed by atoms with Crippen LogP contribution in [-0.4, -0.2) is 26.9 Å². The van der Waals surface area contributed by atoms with E-state index >= 15 is 0 Å². The Morgan fingerprint density at radius 3 is 2.53 bits per heavy atom. The summed E-state index contributed by atoms with van der Waals surface area (Å²) in [6.45, 7) is 7.26. The highest BCUT2D eigenvalue weighted by atomic mass is 35.5. The van der Waals surface area contributed by atoms with Gasteiger partial charge in [0.25, 0.3) is 0 Å². The van der Waals surface area contributed by atoms with Gasteiger partial charge >= 0.3 is 0 Å². The Bertz CT molecular complexity index is 1330. The minimum atomic E-state index is -0.303. The lowest BCUT2D eigenvalue weighted by atomic mass is 10.0. The van der Waals surface area contributed by atoms with Gasteiger partial charge in [0.15, 0.2) is 0 Å². The largest absolute Gasteiger partial charge is 0.494 e. The van der Waals surface area contributed by atoms with Gasteiger partial charge in [-0.2, -0.15) is 5.10 Å². The first-order valence-corrected chi connectivity index (χ1v) is 11.9. The van der Waals surface area contributed by atoms with Crippen LogP contribution >= 0.6 is 11.6 Å². The molecule has 0 bridgehead atoms. The molecule has 0 spiro atoms. The molecular weight excluding hydrogens is 448 g/mol. The molecule has 0 fully saturated rings. The second-order valence-electron chi connectivity index (χ2n) is 8.80. The number of hydrogen-bond donors (Lipinski definition) is 1. The minimum Gasteiger partial charge on any atom is -0.494 e. The van der Waals surface area contributed by atoms with Gasteiger partial charge in [-0.05, 0) is 68.5 Å². The molecule has 7 heteroatoms. The average molecular weight is 479 g/mol. The van der Waals surface area contributed by atoms with Crippen LogP contribution in [0, 0.1) is 20.8 Å². The highest BCUT2D eigenvalue weighted by molar-refractivity contribution is 6.32. The number of rotatable bonds is 9. The van der Waals surface area contributed by atoms with Gasteiger partial charge in [-0.15, -0.1) is 0 Å². The van der Waals surface area contributed by atoms with Crippen LogP contribution in [0.4, 0.5) is 0 Å². The average Bonchev–Trinajstić information content (AvgIpc) is 3.34. The maximum atomic E-state index is 11.6. The Balaban J connectivity index is 1.63. The van der Waals surface area contributed by atoms with Crippen LogP contribution in [0.1, 0.15) is 35.2 Å². The van der Waals surface area contributed by atoms with Crippen molar-refractivity contribution in [3.63, 3.8) is 0 Å². The molecule has 6 nitrogen and oxygen atoms in total. The molecule has 0 aliphatic rings. The second kappa shape index (κ2) is 9.94. The predicted octanol–water partition coefficient (Wildman–Crippen LogP) is 5.51. The molecular formula is C27H31ClN4O2. The van der Waals surface area contributed by atoms with E-state index in [0.29, 0.717) is 19.6 Å². The molecule has 0 saturated heterocycles. The number of para-hydroxylation sites is 1. The molecule has 2 aromatic carbocycles. The number of hydrogen-bond acceptors (Lipinski definition) is 3. The molecule has 2 heterocycles. The van der Waals surface area contributed by atoms with Crippen molar-refractivity contribution in [1.82, 2.24) is 14.3 Å². The number of aryl methyl sites for hydroxylation is 5. The topological polar surface area (TPSA) is 75.1 Å². The van der Waals surface area contributed by atoms with Crippen LogP contribution in [-0.2, 0) is 24.8 Å². The van der Waals surface area contributed by atoms with Gasteiger partial charge in [-0.3, -0.25) is 9.48 Å². The van der Waals surface area contributed by atoms with E-state index in [2.05, 4.69) is 34.8 Å². The van der Waals surface area contributed by atoms with Crippen LogP contribution in [0.25, 0.3) is 22.2 Å². The zero-order valence-electron chi connectivity index (χ0n) is 20.2. The fourth-order valence-electron chi connectivity index (χ4n) is 4.69. The van der Waals surface area contributed by atoms with Crippen molar-refractivity contribution in [2.45, 2.75) is 46.6 Å². The van der Waals surface area contributed by atoms with Crippen molar-refractivity contribution in [2.75, 3.05) is 6.61 Å². The van der Waals surface area contributed by atoms with Crippen molar-refractivity contribution in [2.24, 2.45) is 12.8 Å². The van der Waals surface area contributed by atoms with Gasteiger partial charge < -0.3 is 15.0 Å². The Morgan fingerprint density at radius 2 is 1.88 bits per heavy atom. The number of ether oxygens (including phenoxy) is 1. The lowest BCUT2D eigenvalue weighted by Crippen LogP contribution is -2.14. The summed E-state index contributed by atoms with van der Waals surface area (Å²) in [6.07, 6.45) is 3.83. The predicted molar refractivity (Wildman–Crippen MR) is 137 cm³/mol. The lowest BCUT2D eigenvalue weighted by Gasteiger charge is -2.11. The van der Waals surface area contributed by atoms with Crippen LogP contribution in [0.2, 0.25) is 5.02 Å². The van der Waals surface area contributed by atoms with E-state index in [1.165, 1.54) is 10.9 Å². The first kappa shape index (κ1) is 23.9. The smallest absolute Gasteiger partial charge is 0.219 e. The maximum Gasteiger partial charge on any atom is 0.219 e. The van der Waals surface area contributed by atoms with Crippen LogP contribution in [0.5, 0.6) is 5.75 Å². The van der Waals surface area contributed by atoms with Crippen molar-refractivity contribution in [3.05, 3.63) is 70.0 Å². The van der Waals surface area contributed by atoms with E-state index in [1.54, 1.807) is 6.20 Å². The highest BCUT2D eigenvalue weighted by Crippen LogP contribution is 2.35. The summed E-state index contributed by atoms with van der Waals surface area (Å²) >= 11 is 6.28. The van der Waals surface area contributed by atoms with E-state index in [1.807, 2.05) is 43.8 Å². The molecule has 0 aliphatic heterocycles. The first-order chi connectivity index (χ1) is 16.3. The minimum absolute atomic E-state index is 0.294. The highest BCUT2D eigenvalue weighted by Gasteiger charge is 2.19. The molecule has 4 rings (SSSR count). The fourth-order valence-corrected chi connectivity index (χ4v) is 4.80. The van der Waals surface area contributed by atoms with Crippen LogP contribution in [0.3, 0.4) is 0 Å². The number of fused-ring (bicyclic) bond motifs is 1. The summed E-state index contributed by atoms with van der Waals surface area (Å²) in [5.74, 6) is 0.543. The van der Waals surface area contributed by atoms with Crippen LogP contribution in [0.15, 0.2) is 42.6 Å². The molecule has 0 aliphatic carbocycles. The van der Waals surface area contributed by atoms with Gasteiger partial charge in [0.05, 0.1) is 17.8 Å². The normalized spacial score (nSPS) is 11.3. The van der Waals surface area contributed by atoms with Gasteiger partial charge in [-0.25, -0.2) is 0 Å². The molecule has 0 saturated carbocycles. The number of amides is 1. The summed E-state index contributed by atoms with van der Waals surface area (Å²) in [5, 5.41) is 6.33. The molecule has 0 atom stereocenters. The summed E-state index contributed by atoms with van der Waals surface area (Å²) in [6, 6.07) is 12.3. The Hall–Kier alpha value is -3.25. The number of benzene rings is 2. The number of nitrogens with zero attached hydrogens (tertiary/aromatic N) is 3. The molecule has 0 radical (unpaired) electrons. The molecule has 2 N–H and O–H groups in total. The number of carbonyl (C=O) groups excluding carboxylic acids is 1. The third-order valence-electron chi connectivity index (χ3n) is 6.40. The fraction of sp³-hybridized carbons (Fsp3) is 0.333. The van der Waals surface area contributed by atoms with Gasteiger partial charge in [-0.1, -0.05) is 29.8 Å². The Morgan fingerprint density at radius 1 is 1.15 bits per heavy atom. The summed E-state index contributed by atoms with van der Waals surface area (Å²) in [7, 11) is 1.94. The molecule has 0 unspecified atom stereocenters. The number of primary amides is 1. The standard InChI is InChI=1S/C27H31ClN4O2/c1-17-15-20(16-18(2)26(17)28)34-14-6-9-21-19(3)32(13-11-25(29)33)27-22(21)7-5-8-23(27)24-10-12-30-31(24)4/h5,7-8,10,12,15-16H,6,9,11,13-14H2,1-4H3,(H2,29,33). The van der Waals surface area contributed by atoms with E-state index in [9.17, 15) is 4.79 Å². The Kier molecular flexibility index (Phi) is 6.98. The van der Waals surface area contributed by atoms with Gasteiger partial charge in [0.2, 0.25) is 5.91 Å². The molecule has 4 aromatic rings. The van der Waals surface area contributed by atoms with Crippen molar-refractivity contribution in [1.29, 1.82) is 0 Å². The van der Waals surface area contributed by atoms with E-state index in [0.717, 1.165) is 57.2 Å². The zero-order valence-corrected chi connectivity index (χ0v) is 20.9. The van der Waals surface area contributed by atoms with E-state index in [-0.39, 0.29) is 5.91 Å². The van der Waals surface area contributed by atoms with E-state index < -0.39 is 0 Å². The monoisotopic (exact) mass is 478 g/mol. The third-order valence-corrected chi connectivity index (χ3v) is 7.00. The van der Waals surface area contributed by atoms with Crippen molar-refractivity contribution >= 4 is 28.4 Å². The summed E-state index contributed by atoms with van der Waals surface area (Å²) < 4.78 is 10.1. The molecule has 1 amide bonds. The summed E-state index contributed by atoms with van der Waals surface area (Å²) in [5.41, 5.74) is 13.2. The molecule has 34 heavy (non-hydrogen) atoms. The zero-order chi connectivity index (χ0) is 24.4.